The summed E-state index contributed by atoms with van der Waals surface area (Å²) in [6.45, 7) is 2.19. The molecule has 0 amide bonds. The van der Waals surface area contributed by atoms with Crippen LogP contribution in [-0.2, 0) is 6.54 Å². The van der Waals surface area contributed by atoms with Gasteiger partial charge in [-0.25, -0.2) is 0 Å². The van der Waals surface area contributed by atoms with Gasteiger partial charge in [-0.3, -0.25) is 9.48 Å². The van der Waals surface area contributed by atoms with Crippen molar-refractivity contribution in [2.45, 2.75) is 45.3 Å². The number of hydrogen-bond acceptors (Lipinski definition) is 3. The van der Waals surface area contributed by atoms with Gasteiger partial charge in [-0.2, -0.15) is 18.3 Å². The van der Waals surface area contributed by atoms with Crippen LogP contribution in [0.4, 0.5) is 13.2 Å². The summed E-state index contributed by atoms with van der Waals surface area (Å²) >= 11 is 0. The van der Waals surface area contributed by atoms with E-state index in [0.717, 1.165) is 0 Å². The number of Topliss-reactive ketones (excluding diaryl/α,β-unsaturated/α-hetero) is 1. The van der Waals surface area contributed by atoms with E-state index >= 15 is 0 Å². The summed E-state index contributed by atoms with van der Waals surface area (Å²) in [4.78, 5) is 12.6. The average Bonchev–Trinajstić information content (AvgIpc) is 2.88. The third kappa shape index (κ3) is 3.06. The number of halogens is 3. The van der Waals surface area contributed by atoms with Crippen LogP contribution in [0.25, 0.3) is 0 Å². The van der Waals surface area contributed by atoms with Crippen molar-refractivity contribution in [3.8, 4) is 5.75 Å². The van der Waals surface area contributed by atoms with Crippen molar-refractivity contribution in [3.05, 3.63) is 11.9 Å². The van der Waals surface area contributed by atoms with E-state index in [9.17, 15) is 18.0 Å². The minimum absolute atomic E-state index is 0.0164. The van der Waals surface area contributed by atoms with Crippen LogP contribution >= 0.6 is 0 Å². The number of hydrogen-bond donors (Lipinski definition) is 0. The second kappa shape index (κ2) is 6.07. The minimum atomic E-state index is -4.34. The van der Waals surface area contributed by atoms with Gasteiger partial charge in [0.2, 0.25) is 0 Å². The Morgan fingerprint density at radius 3 is 2.67 bits per heavy atom. The Hall–Kier alpha value is -1.53. The number of aryl methyl sites for hydroxylation is 1. The van der Waals surface area contributed by atoms with Crippen molar-refractivity contribution in [2.24, 2.45) is 11.8 Å². The molecule has 0 aliphatic heterocycles. The van der Waals surface area contributed by atoms with E-state index in [-0.39, 0.29) is 24.3 Å². The largest absolute Gasteiger partial charge is 0.493 e. The van der Waals surface area contributed by atoms with Crippen molar-refractivity contribution < 1.29 is 22.7 Å². The molecular formula is C14H19F3N2O2. The van der Waals surface area contributed by atoms with Crippen molar-refractivity contribution in [1.29, 1.82) is 0 Å². The summed E-state index contributed by atoms with van der Waals surface area (Å²) in [7, 11) is 1.38. The molecule has 0 radical (unpaired) electrons. The average molecular weight is 304 g/mol. The first kappa shape index (κ1) is 15.9. The maximum atomic E-state index is 13.2. The summed E-state index contributed by atoms with van der Waals surface area (Å²) in [6.07, 6.45) is -1.53. The molecule has 1 aromatic rings. The molecule has 118 valence electrons. The lowest BCUT2D eigenvalue weighted by molar-refractivity contribution is -0.191. The van der Waals surface area contributed by atoms with Crippen molar-refractivity contribution in [2.75, 3.05) is 7.11 Å². The predicted molar refractivity (Wildman–Crippen MR) is 70.3 cm³/mol. The lowest BCUT2D eigenvalue weighted by Crippen LogP contribution is -2.38. The second-order valence-electron chi connectivity index (χ2n) is 5.28. The molecule has 1 saturated carbocycles. The van der Waals surface area contributed by atoms with Gasteiger partial charge in [0.15, 0.2) is 11.5 Å². The van der Waals surface area contributed by atoms with Gasteiger partial charge in [0.05, 0.1) is 19.2 Å². The topological polar surface area (TPSA) is 44.1 Å². The Balaban J connectivity index is 2.35. The molecule has 2 atom stereocenters. The van der Waals surface area contributed by atoms with Crippen LogP contribution in [0.1, 0.15) is 43.1 Å². The smallest absolute Gasteiger partial charge is 0.392 e. The van der Waals surface area contributed by atoms with Gasteiger partial charge in [-0.15, -0.1) is 0 Å². The van der Waals surface area contributed by atoms with Gasteiger partial charge >= 0.3 is 6.18 Å². The van der Waals surface area contributed by atoms with Gasteiger partial charge < -0.3 is 4.74 Å². The molecule has 0 spiro atoms. The van der Waals surface area contributed by atoms with E-state index in [1.165, 1.54) is 18.0 Å². The molecule has 1 aliphatic rings. The van der Waals surface area contributed by atoms with Gasteiger partial charge in [0.1, 0.15) is 5.69 Å². The third-order valence-electron chi connectivity index (χ3n) is 4.08. The van der Waals surface area contributed by atoms with E-state index in [4.69, 9.17) is 4.74 Å². The van der Waals surface area contributed by atoms with Crippen LogP contribution in [0.15, 0.2) is 6.20 Å². The Bertz CT molecular complexity index is 489. The Labute approximate surface area is 121 Å². The number of aromatic nitrogens is 2. The Morgan fingerprint density at radius 2 is 2.10 bits per heavy atom. The maximum absolute atomic E-state index is 13.2. The van der Waals surface area contributed by atoms with E-state index in [1.807, 2.05) is 0 Å². The van der Waals surface area contributed by atoms with E-state index < -0.39 is 23.8 Å². The number of methoxy groups -OCH3 is 1. The van der Waals surface area contributed by atoms with Crippen molar-refractivity contribution >= 4 is 5.78 Å². The molecule has 7 heteroatoms. The van der Waals surface area contributed by atoms with Crippen molar-refractivity contribution in [3.63, 3.8) is 0 Å². The van der Waals surface area contributed by atoms with Crippen LogP contribution in [0.2, 0.25) is 0 Å². The lowest BCUT2D eigenvalue weighted by Gasteiger charge is -2.32. The molecule has 1 heterocycles. The zero-order valence-electron chi connectivity index (χ0n) is 12.1. The zero-order valence-corrected chi connectivity index (χ0v) is 12.1. The minimum Gasteiger partial charge on any atom is -0.493 e. The molecule has 0 N–H and O–H groups in total. The summed E-state index contributed by atoms with van der Waals surface area (Å²) in [6, 6.07) is 0. The number of carbonyl (C=O) groups excluding carboxylic acids is 1. The molecule has 1 fully saturated rings. The van der Waals surface area contributed by atoms with E-state index in [2.05, 4.69) is 5.10 Å². The molecule has 0 saturated heterocycles. The number of ketones is 1. The predicted octanol–water partition coefficient (Wildman–Crippen LogP) is 3.46. The monoisotopic (exact) mass is 304 g/mol. The molecule has 4 nitrogen and oxygen atoms in total. The number of alkyl halides is 3. The fourth-order valence-corrected chi connectivity index (χ4v) is 3.02. The maximum Gasteiger partial charge on any atom is 0.392 e. The third-order valence-corrected chi connectivity index (χ3v) is 4.08. The van der Waals surface area contributed by atoms with Gasteiger partial charge in [0, 0.05) is 12.5 Å². The van der Waals surface area contributed by atoms with Crippen LogP contribution in [0.3, 0.4) is 0 Å². The molecular weight excluding hydrogens is 285 g/mol. The lowest BCUT2D eigenvalue weighted by atomic mass is 9.75. The summed E-state index contributed by atoms with van der Waals surface area (Å²) < 4.78 is 45.9. The standard InChI is InChI=1S/C14H19F3N2O2/c1-3-19-12(11(21-2)8-18-19)13(20)9-6-4-5-7-10(9)14(15,16)17/h8-10H,3-7H2,1-2H3. The van der Waals surface area contributed by atoms with Gasteiger partial charge in [0.25, 0.3) is 0 Å². The Morgan fingerprint density at radius 1 is 1.43 bits per heavy atom. The fourth-order valence-electron chi connectivity index (χ4n) is 3.02. The summed E-state index contributed by atoms with van der Waals surface area (Å²) in [5.74, 6) is -2.86. The molecule has 0 aromatic carbocycles. The van der Waals surface area contributed by atoms with Gasteiger partial charge in [-0.05, 0) is 19.8 Å². The molecule has 21 heavy (non-hydrogen) atoms. The zero-order chi connectivity index (χ0) is 15.6. The highest BCUT2D eigenvalue weighted by Gasteiger charge is 2.48. The highest BCUT2D eigenvalue weighted by atomic mass is 19.4. The molecule has 0 bridgehead atoms. The first-order valence-electron chi connectivity index (χ1n) is 7.10. The number of ether oxygens (including phenoxy) is 1. The van der Waals surface area contributed by atoms with Crippen LogP contribution in [-0.4, -0.2) is 28.8 Å². The fraction of sp³-hybridized carbons (Fsp3) is 0.714. The number of nitrogens with zero attached hydrogens (tertiary/aromatic N) is 2. The van der Waals surface area contributed by atoms with Crippen LogP contribution in [0.5, 0.6) is 5.75 Å². The SMILES string of the molecule is CCn1ncc(OC)c1C(=O)C1CCCCC1C(F)(F)F. The highest BCUT2D eigenvalue weighted by Crippen LogP contribution is 2.43. The molecule has 1 aromatic heterocycles. The molecule has 2 rings (SSSR count). The second-order valence-corrected chi connectivity index (χ2v) is 5.28. The summed E-state index contributed by atoms with van der Waals surface area (Å²) in [5, 5.41) is 4.00. The first-order chi connectivity index (χ1) is 9.90. The van der Waals surface area contributed by atoms with Gasteiger partial charge in [-0.1, -0.05) is 12.8 Å². The molecule has 2 unspecified atom stereocenters. The summed E-state index contributed by atoms with van der Waals surface area (Å²) in [5.41, 5.74) is 0.154. The van der Waals surface area contributed by atoms with Crippen LogP contribution in [0, 0.1) is 11.8 Å². The normalized spacial score (nSPS) is 23.1. The van der Waals surface area contributed by atoms with E-state index in [1.54, 1.807) is 6.92 Å². The van der Waals surface area contributed by atoms with Crippen molar-refractivity contribution in [1.82, 2.24) is 9.78 Å². The van der Waals surface area contributed by atoms with Crippen LogP contribution < -0.4 is 4.74 Å². The van der Waals surface area contributed by atoms with E-state index in [0.29, 0.717) is 19.4 Å². The number of rotatable bonds is 4. The number of carbonyl (C=O) groups is 1. The highest BCUT2D eigenvalue weighted by molar-refractivity contribution is 5.99. The quantitative estimate of drug-likeness (QED) is 0.800. The first-order valence-corrected chi connectivity index (χ1v) is 7.10. The molecule has 1 aliphatic carbocycles. The Kier molecular flexibility index (Phi) is 4.58.